The Morgan fingerprint density at radius 1 is 1.07 bits per heavy atom. The highest BCUT2D eigenvalue weighted by Crippen LogP contribution is 2.61. The Morgan fingerprint density at radius 2 is 1.67 bits per heavy atom. The Bertz CT molecular complexity index is 953. The summed E-state index contributed by atoms with van der Waals surface area (Å²) in [4.78, 5) is 0. The van der Waals surface area contributed by atoms with E-state index in [0.717, 1.165) is 0 Å². The Kier molecular flexibility index (Phi) is 5.94. The van der Waals surface area contributed by atoms with E-state index in [1.165, 1.54) is 44.6 Å². The van der Waals surface area contributed by atoms with Gasteiger partial charge in [-0.3, -0.25) is 0 Å². The first-order valence-corrected chi connectivity index (χ1v) is 9.19. The third-order valence-electron chi connectivity index (χ3n) is 5.21. The van der Waals surface area contributed by atoms with E-state index in [4.69, 9.17) is 23.7 Å². The second-order valence-corrected chi connectivity index (χ2v) is 7.38. The molecule has 30 heavy (non-hydrogen) atoms. The molecule has 2 aromatic carbocycles. The van der Waals surface area contributed by atoms with E-state index < -0.39 is 16.8 Å². The molecule has 0 radical (unpaired) electrons. The van der Waals surface area contributed by atoms with Gasteiger partial charge in [0.05, 0.1) is 11.1 Å². The van der Waals surface area contributed by atoms with Crippen molar-refractivity contribution in [1.82, 2.24) is 0 Å². The third kappa shape index (κ3) is 3.27. The summed E-state index contributed by atoms with van der Waals surface area (Å²) in [5, 5.41) is 22.7. The van der Waals surface area contributed by atoms with Crippen LogP contribution in [0.3, 0.4) is 0 Å². The molecule has 0 saturated heterocycles. The molecule has 1 atom stereocenters. The molecule has 0 saturated carbocycles. The number of halogens is 1. The van der Waals surface area contributed by atoms with Gasteiger partial charge in [-0.15, -0.1) is 6.58 Å². The minimum absolute atomic E-state index is 0.0451. The molecule has 0 aliphatic carbocycles. The van der Waals surface area contributed by atoms with Crippen LogP contribution < -0.4 is 14.2 Å². The lowest BCUT2D eigenvalue weighted by Crippen LogP contribution is -2.44. The van der Waals surface area contributed by atoms with E-state index in [1.54, 1.807) is 13.8 Å². The maximum Gasteiger partial charge on any atom is 0.188 e. The van der Waals surface area contributed by atoms with Gasteiger partial charge in [0.1, 0.15) is 17.1 Å². The fraction of sp³-hybridized carbons (Fsp3) is 0.364. The van der Waals surface area contributed by atoms with E-state index in [0.29, 0.717) is 0 Å². The third-order valence-corrected chi connectivity index (χ3v) is 5.21. The number of rotatable bonds is 8. The van der Waals surface area contributed by atoms with E-state index >= 15 is 4.39 Å². The molecule has 1 heterocycles. The molecule has 1 aliphatic rings. The van der Waals surface area contributed by atoms with Crippen molar-refractivity contribution in [3.8, 4) is 28.7 Å². The van der Waals surface area contributed by atoms with E-state index in [9.17, 15) is 10.2 Å². The zero-order valence-electron chi connectivity index (χ0n) is 17.3. The van der Waals surface area contributed by atoms with Crippen molar-refractivity contribution in [1.29, 1.82) is 0 Å². The summed E-state index contributed by atoms with van der Waals surface area (Å²) in [5.41, 5.74) is -3.44. The molecule has 0 aromatic heterocycles. The molecule has 0 bridgehead atoms. The number of phenolic OH excluding ortho intramolecular Hbond substituents is 1. The minimum atomic E-state index is -2.06. The van der Waals surface area contributed by atoms with Gasteiger partial charge in [-0.1, -0.05) is 19.9 Å². The summed E-state index contributed by atoms with van der Waals surface area (Å²) in [6.45, 7) is 6.86. The quantitative estimate of drug-likeness (QED) is 0.492. The molecule has 3 rings (SSSR count). The highest BCUT2D eigenvalue weighted by atomic mass is 19.1. The molecule has 0 fully saturated rings. The molecule has 162 valence electrons. The molecule has 2 N–H and O–H groups in total. The van der Waals surface area contributed by atoms with Gasteiger partial charge in [0.15, 0.2) is 36.7 Å². The highest BCUT2D eigenvalue weighted by molar-refractivity contribution is 5.67. The fourth-order valence-electron chi connectivity index (χ4n) is 3.46. The van der Waals surface area contributed by atoms with Gasteiger partial charge in [0, 0.05) is 19.6 Å². The summed E-state index contributed by atoms with van der Waals surface area (Å²) in [6, 6.07) is 5.66. The van der Waals surface area contributed by atoms with E-state index in [-0.39, 0.29) is 53.5 Å². The number of methoxy groups -OCH3 is 2. The van der Waals surface area contributed by atoms with Gasteiger partial charge in [0.2, 0.25) is 0 Å². The van der Waals surface area contributed by atoms with Crippen molar-refractivity contribution in [2.45, 2.75) is 19.4 Å². The molecule has 0 amide bonds. The number of aromatic hydroxyl groups is 1. The van der Waals surface area contributed by atoms with Gasteiger partial charge < -0.3 is 33.9 Å². The van der Waals surface area contributed by atoms with Crippen LogP contribution in [0, 0.1) is 11.2 Å². The highest BCUT2D eigenvalue weighted by Gasteiger charge is 2.54. The average molecular weight is 420 g/mol. The number of hydrogen-bond donors (Lipinski definition) is 2. The van der Waals surface area contributed by atoms with Crippen molar-refractivity contribution in [3.63, 3.8) is 0 Å². The average Bonchev–Trinajstić information content (AvgIpc) is 2.72. The predicted molar refractivity (Wildman–Crippen MR) is 107 cm³/mol. The monoisotopic (exact) mass is 420 g/mol. The summed E-state index contributed by atoms with van der Waals surface area (Å²) >= 11 is 0. The molecular formula is C22H25FO7. The zero-order valence-corrected chi connectivity index (χ0v) is 17.3. The fourth-order valence-corrected chi connectivity index (χ4v) is 3.46. The maximum atomic E-state index is 15.6. The largest absolute Gasteiger partial charge is 0.507 e. The summed E-state index contributed by atoms with van der Waals surface area (Å²) in [5.74, 6) is -0.936. The van der Waals surface area contributed by atoms with Crippen LogP contribution in [0.1, 0.15) is 25.0 Å². The molecule has 0 spiro atoms. The second-order valence-electron chi connectivity index (χ2n) is 7.38. The lowest BCUT2D eigenvalue weighted by molar-refractivity contribution is -0.0240. The predicted octanol–water partition coefficient (Wildman–Crippen LogP) is 4.05. The Morgan fingerprint density at radius 3 is 2.27 bits per heavy atom. The number of aliphatic hydroxyl groups is 1. The van der Waals surface area contributed by atoms with Crippen LogP contribution in [-0.2, 0) is 15.1 Å². The van der Waals surface area contributed by atoms with Crippen molar-refractivity contribution >= 4 is 0 Å². The first-order valence-electron chi connectivity index (χ1n) is 9.19. The van der Waals surface area contributed by atoms with Gasteiger partial charge in [-0.25, -0.2) is 4.39 Å². The molecular weight excluding hydrogens is 395 g/mol. The number of phenols is 1. The number of fused-ring (bicyclic) bond motifs is 2. The summed E-state index contributed by atoms with van der Waals surface area (Å²) < 4.78 is 42.1. The SMILES string of the molecule is C=CC(C)(C)C1(O)c2c(ccc(OCOC)c2F)Oc2c(OCOC)ccc(O)c21. The Hall–Kier alpha value is -2.81. The molecule has 7 nitrogen and oxygen atoms in total. The van der Waals surface area contributed by atoms with E-state index in [2.05, 4.69) is 6.58 Å². The van der Waals surface area contributed by atoms with Gasteiger partial charge in [-0.2, -0.15) is 0 Å². The lowest BCUT2D eigenvalue weighted by Gasteiger charge is -2.45. The Balaban J connectivity index is 2.34. The van der Waals surface area contributed by atoms with Crippen molar-refractivity contribution in [2.75, 3.05) is 27.8 Å². The normalized spacial score (nSPS) is 17.5. The van der Waals surface area contributed by atoms with Crippen LogP contribution >= 0.6 is 0 Å². The van der Waals surface area contributed by atoms with Crippen LogP contribution in [0.15, 0.2) is 36.9 Å². The molecule has 1 unspecified atom stereocenters. The summed E-state index contributed by atoms with van der Waals surface area (Å²) in [6.07, 6.45) is 1.48. The van der Waals surface area contributed by atoms with Gasteiger partial charge >= 0.3 is 0 Å². The number of hydrogen-bond acceptors (Lipinski definition) is 7. The number of ether oxygens (including phenoxy) is 5. The molecule has 8 heteroatoms. The Labute approximate surface area is 174 Å². The second kappa shape index (κ2) is 8.14. The first kappa shape index (κ1) is 21.9. The van der Waals surface area contributed by atoms with Gasteiger partial charge in [-0.05, 0) is 24.3 Å². The summed E-state index contributed by atoms with van der Waals surface area (Å²) in [7, 11) is 2.86. The van der Waals surface area contributed by atoms with Crippen LogP contribution in [0.4, 0.5) is 4.39 Å². The molecule has 2 aromatic rings. The maximum absolute atomic E-state index is 15.6. The van der Waals surface area contributed by atoms with Crippen molar-refractivity contribution in [3.05, 3.63) is 53.9 Å². The van der Waals surface area contributed by atoms with Crippen molar-refractivity contribution < 1.29 is 38.3 Å². The van der Waals surface area contributed by atoms with Crippen LogP contribution in [0.5, 0.6) is 28.7 Å². The lowest BCUT2D eigenvalue weighted by atomic mass is 9.65. The standard InChI is InChI=1S/C22H25FO7/c1-6-21(2,3)22(25)17-13(24)7-8-16(29-12-27-5)20(17)30-14-9-10-15(28-11-26-4)19(23)18(14)22/h6-10,24-25H,1,11-12H2,2-5H3. The zero-order chi connectivity index (χ0) is 22.1. The van der Waals surface area contributed by atoms with E-state index in [1.807, 2.05) is 0 Å². The number of benzene rings is 2. The van der Waals surface area contributed by atoms with Crippen LogP contribution in [0.2, 0.25) is 0 Å². The minimum Gasteiger partial charge on any atom is -0.507 e. The van der Waals surface area contributed by atoms with Crippen LogP contribution in [0.25, 0.3) is 0 Å². The smallest absolute Gasteiger partial charge is 0.188 e. The topological polar surface area (TPSA) is 86.6 Å². The van der Waals surface area contributed by atoms with Crippen molar-refractivity contribution in [2.24, 2.45) is 5.41 Å². The molecule has 1 aliphatic heterocycles. The van der Waals surface area contributed by atoms with Gasteiger partial charge in [0.25, 0.3) is 0 Å². The van der Waals surface area contributed by atoms with Crippen LogP contribution in [-0.4, -0.2) is 38.0 Å². The first-order chi connectivity index (χ1) is 14.2.